The average molecular weight is 329 g/mol. The molecule has 4 nitrogen and oxygen atoms in total. The maximum absolute atomic E-state index is 13.7. The van der Waals surface area contributed by atoms with Gasteiger partial charge in [0.25, 0.3) is 0 Å². The Balaban J connectivity index is 2.11. The van der Waals surface area contributed by atoms with E-state index in [1.165, 1.54) is 17.0 Å². The number of nitrogens with zero attached hydrogens (tertiary/aromatic N) is 1. The summed E-state index contributed by atoms with van der Waals surface area (Å²) in [4.78, 5) is 13.7. The molecule has 126 valence electrons. The number of hydrogen-bond donors (Lipinski definition) is 0. The Labute approximate surface area is 141 Å². The molecule has 1 amide bonds. The molecule has 0 radical (unpaired) electrons. The van der Waals surface area contributed by atoms with Crippen LogP contribution in [0.25, 0.3) is 6.08 Å². The number of halogens is 1. The Bertz CT molecular complexity index is 743. The zero-order valence-electron chi connectivity index (χ0n) is 14.0. The van der Waals surface area contributed by atoms with Crippen LogP contribution in [0.1, 0.15) is 11.1 Å². The summed E-state index contributed by atoms with van der Waals surface area (Å²) in [5, 5.41) is 0. The lowest BCUT2D eigenvalue weighted by Gasteiger charge is -2.15. The van der Waals surface area contributed by atoms with Crippen molar-refractivity contribution in [2.45, 2.75) is 6.54 Å². The average Bonchev–Trinajstić information content (AvgIpc) is 2.61. The monoisotopic (exact) mass is 329 g/mol. The second-order valence-corrected chi connectivity index (χ2v) is 5.23. The van der Waals surface area contributed by atoms with Crippen molar-refractivity contribution < 1.29 is 18.7 Å². The number of amides is 1. The Morgan fingerprint density at radius 1 is 1.17 bits per heavy atom. The van der Waals surface area contributed by atoms with E-state index < -0.39 is 0 Å². The third-order valence-corrected chi connectivity index (χ3v) is 3.58. The largest absolute Gasteiger partial charge is 0.497 e. The third kappa shape index (κ3) is 4.35. The lowest BCUT2D eigenvalue weighted by atomic mass is 10.1. The van der Waals surface area contributed by atoms with Crippen LogP contribution in [0.3, 0.4) is 0 Å². The van der Waals surface area contributed by atoms with E-state index in [9.17, 15) is 9.18 Å². The lowest BCUT2D eigenvalue weighted by molar-refractivity contribution is -0.125. The molecule has 2 aromatic carbocycles. The maximum Gasteiger partial charge on any atom is 0.246 e. The molecule has 0 atom stereocenters. The first kappa shape index (κ1) is 17.5. The van der Waals surface area contributed by atoms with Crippen molar-refractivity contribution in [2.75, 3.05) is 21.3 Å². The molecule has 0 saturated heterocycles. The van der Waals surface area contributed by atoms with Crippen molar-refractivity contribution in [3.05, 3.63) is 65.5 Å². The van der Waals surface area contributed by atoms with Gasteiger partial charge >= 0.3 is 0 Å². The van der Waals surface area contributed by atoms with E-state index in [-0.39, 0.29) is 18.3 Å². The second-order valence-electron chi connectivity index (χ2n) is 5.23. The molecule has 0 fully saturated rings. The highest BCUT2D eigenvalue weighted by molar-refractivity contribution is 5.92. The fraction of sp³-hybridized carbons (Fsp3) is 0.211. The highest BCUT2D eigenvalue weighted by Crippen LogP contribution is 2.25. The Hall–Kier alpha value is -2.82. The van der Waals surface area contributed by atoms with Gasteiger partial charge in [-0.05, 0) is 30.3 Å². The number of ether oxygens (including phenoxy) is 2. The zero-order chi connectivity index (χ0) is 17.5. The molecule has 0 aromatic heterocycles. The van der Waals surface area contributed by atoms with Gasteiger partial charge in [-0.2, -0.15) is 0 Å². The normalized spacial score (nSPS) is 10.7. The van der Waals surface area contributed by atoms with E-state index in [0.29, 0.717) is 17.1 Å². The minimum Gasteiger partial charge on any atom is -0.497 e. The van der Waals surface area contributed by atoms with E-state index in [1.807, 2.05) is 0 Å². The van der Waals surface area contributed by atoms with Crippen LogP contribution in [0.2, 0.25) is 0 Å². The summed E-state index contributed by atoms with van der Waals surface area (Å²) in [5.41, 5.74) is 1.20. The lowest BCUT2D eigenvalue weighted by Crippen LogP contribution is -2.24. The van der Waals surface area contributed by atoms with Gasteiger partial charge in [-0.25, -0.2) is 4.39 Å². The molecule has 5 heteroatoms. The van der Waals surface area contributed by atoms with E-state index in [1.54, 1.807) is 63.7 Å². The van der Waals surface area contributed by atoms with Crippen molar-refractivity contribution in [1.82, 2.24) is 4.90 Å². The molecule has 0 heterocycles. The molecule has 0 aliphatic rings. The van der Waals surface area contributed by atoms with Crippen LogP contribution in [0.15, 0.2) is 48.5 Å². The van der Waals surface area contributed by atoms with Crippen LogP contribution in [-0.4, -0.2) is 32.1 Å². The molecular weight excluding hydrogens is 309 g/mol. The SMILES string of the molecule is COc1ccc(OC)c(/C=C/C(=O)N(C)Cc2ccccc2F)c1. The summed E-state index contributed by atoms with van der Waals surface area (Å²) in [7, 11) is 4.76. The minimum atomic E-state index is -0.324. The quantitative estimate of drug-likeness (QED) is 0.761. The van der Waals surface area contributed by atoms with Gasteiger partial charge in [0.2, 0.25) is 5.91 Å². The molecule has 24 heavy (non-hydrogen) atoms. The number of rotatable bonds is 6. The van der Waals surface area contributed by atoms with Gasteiger partial charge in [0.1, 0.15) is 17.3 Å². The predicted molar refractivity (Wildman–Crippen MR) is 91.5 cm³/mol. The number of likely N-dealkylation sites (N-methyl/N-ethyl adjacent to an activating group) is 1. The van der Waals surface area contributed by atoms with E-state index in [4.69, 9.17) is 9.47 Å². The van der Waals surface area contributed by atoms with Crippen LogP contribution in [0.4, 0.5) is 4.39 Å². The Kier molecular flexibility index (Phi) is 5.95. The summed E-state index contributed by atoms with van der Waals surface area (Å²) in [5.74, 6) is 0.748. The summed E-state index contributed by atoms with van der Waals surface area (Å²) in [6.07, 6.45) is 3.08. The number of hydrogen-bond acceptors (Lipinski definition) is 3. The number of carbonyl (C=O) groups is 1. The molecule has 0 N–H and O–H groups in total. The number of benzene rings is 2. The molecule has 0 saturated carbocycles. The molecule has 0 spiro atoms. The molecule has 2 aromatic rings. The van der Waals surface area contributed by atoms with Crippen molar-refractivity contribution in [3.63, 3.8) is 0 Å². The summed E-state index contributed by atoms with van der Waals surface area (Å²) in [6.45, 7) is 0.199. The van der Waals surface area contributed by atoms with Crippen LogP contribution in [0.5, 0.6) is 11.5 Å². The first-order chi connectivity index (χ1) is 11.5. The molecule has 0 unspecified atom stereocenters. The molecule has 0 aliphatic carbocycles. The molecule has 0 aliphatic heterocycles. The first-order valence-electron chi connectivity index (χ1n) is 7.43. The van der Waals surface area contributed by atoms with Crippen molar-refractivity contribution in [2.24, 2.45) is 0 Å². The van der Waals surface area contributed by atoms with Gasteiger partial charge in [-0.1, -0.05) is 18.2 Å². The molecule has 0 bridgehead atoms. The zero-order valence-corrected chi connectivity index (χ0v) is 14.0. The van der Waals surface area contributed by atoms with Gasteiger partial charge in [-0.15, -0.1) is 0 Å². The molecule has 2 rings (SSSR count). The summed E-state index contributed by atoms with van der Waals surface area (Å²) >= 11 is 0. The highest BCUT2D eigenvalue weighted by atomic mass is 19.1. The van der Waals surface area contributed by atoms with Gasteiger partial charge in [-0.3, -0.25) is 4.79 Å². The van der Waals surface area contributed by atoms with Gasteiger partial charge in [0.05, 0.1) is 14.2 Å². The Morgan fingerprint density at radius 2 is 1.92 bits per heavy atom. The van der Waals surface area contributed by atoms with Gasteiger partial charge in [0, 0.05) is 30.8 Å². The fourth-order valence-corrected chi connectivity index (χ4v) is 2.22. The summed E-state index contributed by atoms with van der Waals surface area (Å²) < 4.78 is 24.1. The van der Waals surface area contributed by atoms with Crippen molar-refractivity contribution in [3.8, 4) is 11.5 Å². The predicted octanol–water partition coefficient (Wildman–Crippen LogP) is 3.51. The minimum absolute atomic E-state index is 0.199. The smallest absolute Gasteiger partial charge is 0.246 e. The standard InChI is InChI=1S/C19H20FNO3/c1-21(13-15-6-4-5-7-17(15)20)19(22)11-8-14-12-16(23-2)9-10-18(14)24-3/h4-12H,13H2,1-3H3/b11-8+. The first-order valence-corrected chi connectivity index (χ1v) is 7.43. The van der Waals surface area contributed by atoms with Gasteiger partial charge in [0.15, 0.2) is 0 Å². The number of methoxy groups -OCH3 is 2. The molecular formula is C19H20FNO3. The van der Waals surface area contributed by atoms with E-state index in [0.717, 1.165) is 5.56 Å². The Morgan fingerprint density at radius 3 is 2.58 bits per heavy atom. The third-order valence-electron chi connectivity index (χ3n) is 3.58. The van der Waals surface area contributed by atoms with Crippen LogP contribution < -0.4 is 9.47 Å². The van der Waals surface area contributed by atoms with Crippen molar-refractivity contribution in [1.29, 1.82) is 0 Å². The second kappa shape index (κ2) is 8.15. The fourth-order valence-electron chi connectivity index (χ4n) is 2.22. The maximum atomic E-state index is 13.7. The van der Waals surface area contributed by atoms with Crippen molar-refractivity contribution >= 4 is 12.0 Å². The van der Waals surface area contributed by atoms with Crippen LogP contribution >= 0.6 is 0 Å². The van der Waals surface area contributed by atoms with E-state index in [2.05, 4.69) is 0 Å². The van der Waals surface area contributed by atoms with Crippen LogP contribution in [0, 0.1) is 5.82 Å². The highest BCUT2D eigenvalue weighted by Gasteiger charge is 2.09. The topological polar surface area (TPSA) is 38.8 Å². The number of carbonyl (C=O) groups excluding carboxylic acids is 1. The van der Waals surface area contributed by atoms with Crippen LogP contribution in [-0.2, 0) is 11.3 Å². The summed E-state index contributed by atoms with van der Waals surface area (Å²) in [6, 6.07) is 11.7. The van der Waals surface area contributed by atoms with E-state index >= 15 is 0 Å². The van der Waals surface area contributed by atoms with Gasteiger partial charge < -0.3 is 14.4 Å².